The van der Waals surface area contributed by atoms with Gasteiger partial charge in [0.1, 0.15) is 6.61 Å². The van der Waals surface area contributed by atoms with Crippen molar-refractivity contribution in [3.05, 3.63) is 70.2 Å². The number of ether oxygens (including phenoxy) is 2. The van der Waals surface area contributed by atoms with Gasteiger partial charge in [0.25, 0.3) is 0 Å². The predicted molar refractivity (Wildman–Crippen MR) is 104 cm³/mol. The molecule has 6 heteroatoms. The third-order valence-corrected chi connectivity index (χ3v) is 3.86. The summed E-state index contributed by atoms with van der Waals surface area (Å²) in [5.41, 5.74) is 4.74. The van der Waals surface area contributed by atoms with Crippen LogP contribution in [-0.4, -0.2) is 19.4 Å². The number of benzene rings is 2. The molecule has 132 valence electrons. The maximum Gasteiger partial charge on any atom is 0.180 e. The summed E-state index contributed by atoms with van der Waals surface area (Å²) in [6, 6.07) is 11.2. The number of hydrogen-bond donors (Lipinski definition) is 1. The molecular formula is C19H20Cl2N2O2. The van der Waals surface area contributed by atoms with Crippen molar-refractivity contribution < 1.29 is 9.47 Å². The molecule has 0 atom stereocenters. The standard InChI is InChI=1S/C19H20Cl2N2O2/c1-3-9-25-19-17(21)10-14(11-18(19)24-4-2)12-22-23-13-15-7-5-6-8-16(15)20/h3,5-8,10-12,23H,1,4,9,13H2,2H3/b22-12-. The molecule has 0 bridgehead atoms. The minimum atomic E-state index is 0.354. The van der Waals surface area contributed by atoms with Crippen molar-refractivity contribution in [2.45, 2.75) is 13.5 Å². The van der Waals surface area contributed by atoms with Gasteiger partial charge < -0.3 is 14.9 Å². The Bertz CT molecular complexity index is 748. The lowest BCUT2D eigenvalue weighted by Gasteiger charge is -2.13. The Kier molecular flexibility index (Phi) is 7.64. The van der Waals surface area contributed by atoms with Gasteiger partial charge in [-0.25, -0.2) is 0 Å². The van der Waals surface area contributed by atoms with Crippen molar-refractivity contribution in [2.75, 3.05) is 13.2 Å². The van der Waals surface area contributed by atoms with Gasteiger partial charge in [-0.3, -0.25) is 0 Å². The molecule has 0 spiro atoms. The zero-order valence-electron chi connectivity index (χ0n) is 14.0. The summed E-state index contributed by atoms with van der Waals surface area (Å²) in [5.74, 6) is 1.08. The smallest absolute Gasteiger partial charge is 0.180 e. The fourth-order valence-corrected chi connectivity index (χ4v) is 2.58. The fraction of sp³-hybridized carbons (Fsp3) is 0.211. The van der Waals surface area contributed by atoms with Crippen molar-refractivity contribution in [1.29, 1.82) is 0 Å². The first-order chi connectivity index (χ1) is 12.2. The van der Waals surface area contributed by atoms with E-state index in [0.29, 0.717) is 41.3 Å². The first kappa shape index (κ1) is 19.2. The largest absolute Gasteiger partial charge is 0.490 e. The number of hydrazone groups is 1. The van der Waals surface area contributed by atoms with E-state index in [1.807, 2.05) is 37.3 Å². The van der Waals surface area contributed by atoms with Crippen LogP contribution in [0.3, 0.4) is 0 Å². The number of halogens is 2. The van der Waals surface area contributed by atoms with E-state index in [2.05, 4.69) is 17.1 Å². The molecule has 0 unspecified atom stereocenters. The van der Waals surface area contributed by atoms with Gasteiger partial charge in [0.2, 0.25) is 0 Å². The first-order valence-electron chi connectivity index (χ1n) is 7.85. The molecule has 0 aliphatic carbocycles. The molecule has 0 aromatic heterocycles. The molecule has 2 aromatic carbocycles. The maximum absolute atomic E-state index is 6.30. The highest BCUT2D eigenvalue weighted by Crippen LogP contribution is 2.36. The van der Waals surface area contributed by atoms with Crippen LogP contribution in [0, 0.1) is 0 Å². The summed E-state index contributed by atoms with van der Waals surface area (Å²) in [4.78, 5) is 0. The number of nitrogens with one attached hydrogen (secondary N) is 1. The lowest BCUT2D eigenvalue weighted by molar-refractivity contribution is 0.297. The number of nitrogens with zero attached hydrogens (tertiary/aromatic N) is 1. The first-order valence-corrected chi connectivity index (χ1v) is 8.60. The summed E-state index contributed by atoms with van der Waals surface area (Å²) in [6.07, 6.45) is 3.32. The Balaban J connectivity index is 2.08. The Morgan fingerprint density at radius 3 is 2.68 bits per heavy atom. The van der Waals surface area contributed by atoms with Crippen molar-refractivity contribution in [1.82, 2.24) is 5.43 Å². The van der Waals surface area contributed by atoms with Gasteiger partial charge in [-0.15, -0.1) is 0 Å². The lowest BCUT2D eigenvalue weighted by atomic mass is 10.2. The topological polar surface area (TPSA) is 42.8 Å². The number of hydrogen-bond acceptors (Lipinski definition) is 4. The molecule has 4 nitrogen and oxygen atoms in total. The third-order valence-electron chi connectivity index (χ3n) is 3.21. The summed E-state index contributed by atoms with van der Waals surface area (Å²) in [6.45, 7) is 6.92. The van der Waals surface area contributed by atoms with Gasteiger partial charge in [-0.1, -0.05) is 54.1 Å². The van der Waals surface area contributed by atoms with Crippen molar-refractivity contribution in [3.63, 3.8) is 0 Å². The van der Waals surface area contributed by atoms with E-state index in [9.17, 15) is 0 Å². The highest BCUT2D eigenvalue weighted by atomic mass is 35.5. The summed E-state index contributed by atoms with van der Waals surface area (Å²) in [5, 5.41) is 5.37. The monoisotopic (exact) mass is 378 g/mol. The van der Waals surface area contributed by atoms with Crippen LogP contribution in [0.4, 0.5) is 0 Å². The van der Waals surface area contributed by atoms with Crippen LogP contribution >= 0.6 is 23.2 Å². The molecule has 1 N–H and O–H groups in total. The Hall–Kier alpha value is -2.17. The second-order valence-electron chi connectivity index (χ2n) is 5.05. The zero-order valence-corrected chi connectivity index (χ0v) is 15.5. The molecule has 0 fully saturated rings. The third kappa shape index (κ3) is 5.69. The van der Waals surface area contributed by atoms with Crippen LogP contribution < -0.4 is 14.9 Å². The van der Waals surface area contributed by atoms with Gasteiger partial charge in [-0.2, -0.15) is 5.10 Å². The van der Waals surface area contributed by atoms with E-state index < -0.39 is 0 Å². The minimum absolute atomic E-state index is 0.354. The van der Waals surface area contributed by atoms with Crippen molar-refractivity contribution in [3.8, 4) is 11.5 Å². The van der Waals surface area contributed by atoms with E-state index in [0.717, 1.165) is 11.1 Å². The highest BCUT2D eigenvalue weighted by molar-refractivity contribution is 6.32. The second-order valence-corrected chi connectivity index (χ2v) is 5.86. The predicted octanol–water partition coefficient (Wildman–Crippen LogP) is 5.08. The molecule has 0 heterocycles. The van der Waals surface area contributed by atoms with Crippen molar-refractivity contribution >= 4 is 29.4 Å². The zero-order chi connectivity index (χ0) is 18.1. The van der Waals surface area contributed by atoms with Gasteiger partial charge in [0.05, 0.1) is 24.4 Å². The highest BCUT2D eigenvalue weighted by Gasteiger charge is 2.11. The molecule has 0 radical (unpaired) electrons. The van der Waals surface area contributed by atoms with Gasteiger partial charge in [0.15, 0.2) is 11.5 Å². The molecule has 0 aliphatic rings. The second kappa shape index (κ2) is 9.97. The quantitative estimate of drug-likeness (QED) is 0.375. The van der Waals surface area contributed by atoms with Crippen LogP contribution in [0.25, 0.3) is 0 Å². The molecule has 25 heavy (non-hydrogen) atoms. The molecule has 0 amide bonds. The molecule has 0 saturated heterocycles. The molecular weight excluding hydrogens is 359 g/mol. The van der Waals surface area contributed by atoms with E-state index in [-0.39, 0.29) is 0 Å². The summed E-state index contributed by atoms with van der Waals surface area (Å²) in [7, 11) is 0. The Labute approximate surface area is 158 Å². The SMILES string of the molecule is C=CCOc1c(Cl)cc(/C=N\NCc2ccccc2Cl)cc1OCC. The van der Waals surface area contributed by atoms with Gasteiger partial charge >= 0.3 is 0 Å². The molecule has 2 rings (SSSR count). The van der Waals surface area contributed by atoms with Crippen LogP contribution in [-0.2, 0) is 6.54 Å². The lowest BCUT2D eigenvalue weighted by Crippen LogP contribution is -2.06. The van der Waals surface area contributed by atoms with E-state index in [4.69, 9.17) is 32.7 Å². The average molecular weight is 379 g/mol. The summed E-state index contributed by atoms with van der Waals surface area (Å²) >= 11 is 12.4. The van der Waals surface area contributed by atoms with Crippen molar-refractivity contribution in [2.24, 2.45) is 5.10 Å². The van der Waals surface area contributed by atoms with Crippen LogP contribution in [0.1, 0.15) is 18.1 Å². The van der Waals surface area contributed by atoms with Gasteiger partial charge in [0, 0.05) is 5.02 Å². The molecule has 2 aromatic rings. The summed E-state index contributed by atoms with van der Waals surface area (Å²) < 4.78 is 11.2. The van der Waals surface area contributed by atoms with E-state index in [1.54, 1.807) is 18.4 Å². The van der Waals surface area contributed by atoms with Crippen LogP contribution in [0.2, 0.25) is 10.0 Å². The number of rotatable bonds is 9. The van der Waals surface area contributed by atoms with Crippen LogP contribution in [0.5, 0.6) is 11.5 Å². The Morgan fingerprint density at radius 1 is 1.16 bits per heavy atom. The maximum atomic E-state index is 6.30. The van der Waals surface area contributed by atoms with Crippen LogP contribution in [0.15, 0.2) is 54.2 Å². The molecule has 0 aliphatic heterocycles. The Morgan fingerprint density at radius 2 is 1.96 bits per heavy atom. The normalized spacial score (nSPS) is 10.7. The minimum Gasteiger partial charge on any atom is -0.490 e. The fourth-order valence-electron chi connectivity index (χ4n) is 2.10. The van der Waals surface area contributed by atoms with Gasteiger partial charge in [-0.05, 0) is 36.2 Å². The average Bonchev–Trinajstić information content (AvgIpc) is 2.60. The van der Waals surface area contributed by atoms with E-state index >= 15 is 0 Å². The van der Waals surface area contributed by atoms with E-state index in [1.165, 1.54) is 0 Å². The molecule has 0 saturated carbocycles.